The van der Waals surface area contributed by atoms with Crippen molar-refractivity contribution < 1.29 is 4.79 Å². The van der Waals surface area contributed by atoms with E-state index in [9.17, 15) is 10.1 Å². The summed E-state index contributed by atoms with van der Waals surface area (Å²) in [7, 11) is 0. The molecule has 0 aromatic heterocycles. The number of nitrogens with zero attached hydrogens (tertiary/aromatic N) is 2. The van der Waals surface area contributed by atoms with E-state index in [0.717, 1.165) is 32.5 Å². The molecule has 100 valence electrons. The molecule has 2 fully saturated rings. The summed E-state index contributed by atoms with van der Waals surface area (Å²) in [5, 5.41) is 15.4. The number of hydrogen-bond donors (Lipinski definition) is 2. The molecule has 2 atom stereocenters. The first kappa shape index (κ1) is 13.3. The second-order valence-corrected chi connectivity index (χ2v) is 5.66. The van der Waals surface area contributed by atoms with Gasteiger partial charge in [-0.1, -0.05) is 0 Å². The van der Waals surface area contributed by atoms with Crippen molar-refractivity contribution in [1.29, 1.82) is 5.26 Å². The highest BCUT2D eigenvalue weighted by Gasteiger charge is 2.43. The molecule has 1 aliphatic carbocycles. The minimum Gasteiger partial charge on any atom is -0.337 e. The Bertz CT molecular complexity index is 360. The van der Waals surface area contributed by atoms with Gasteiger partial charge in [0, 0.05) is 25.7 Å². The van der Waals surface area contributed by atoms with Crippen LogP contribution in [0.15, 0.2) is 0 Å². The second-order valence-electron chi connectivity index (χ2n) is 5.66. The maximum Gasteiger partial charge on any atom is 0.235 e. The predicted molar refractivity (Wildman–Crippen MR) is 68.8 cm³/mol. The number of hydrogen-bond acceptors (Lipinski definition) is 4. The van der Waals surface area contributed by atoms with Gasteiger partial charge in [-0.2, -0.15) is 5.26 Å². The molecule has 0 aromatic rings. The average molecular weight is 250 g/mol. The summed E-state index contributed by atoms with van der Waals surface area (Å²) in [4.78, 5) is 14.2. The van der Waals surface area contributed by atoms with Crippen LogP contribution in [0, 0.1) is 17.2 Å². The van der Waals surface area contributed by atoms with Gasteiger partial charge in [-0.3, -0.25) is 9.69 Å². The number of nitriles is 1. The Morgan fingerprint density at radius 2 is 2.33 bits per heavy atom. The van der Waals surface area contributed by atoms with Crippen LogP contribution in [0.5, 0.6) is 0 Å². The molecule has 18 heavy (non-hydrogen) atoms. The van der Waals surface area contributed by atoms with Gasteiger partial charge in [0.15, 0.2) is 0 Å². The molecule has 5 heteroatoms. The summed E-state index contributed by atoms with van der Waals surface area (Å²) in [5.41, 5.74) is -0.672. The van der Waals surface area contributed by atoms with Crippen molar-refractivity contribution >= 4 is 5.91 Å². The first-order chi connectivity index (χ1) is 8.55. The topological polar surface area (TPSA) is 68.2 Å². The Morgan fingerprint density at radius 3 is 2.89 bits per heavy atom. The van der Waals surface area contributed by atoms with Gasteiger partial charge in [0.1, 0.15) is 5.54 Å². The lowest BCUT2D eigenvalue weighted by molar-refractivity contribution is -0.124. The van der Waals surface area contributed by atoms with E-state index >= 15 is 0 Å². The van der Waals surface area contributed by atoms with Crippen LogP contribution in [-0.2, 0) is 4.79 Å². The van der Waals surface area contributed by atoms with Gasteiger partial charge in [0.25, 0.3) is 0 Å². The van der Waals surface area contributed by atoms with Gasteiger partial charge >= 0.3 is 0 Å². The summed E-state index contributed by atoms with van der Waals surface area (Å²) in [6.07, 6.45) is 2.10. The van der Waals surface area contributed by atoms with E-state index in [0.29, 0.717) is 18.5 Å². The smallest absolute Gasteiger partial charge is 0.235 e. The van der Waals surface area contributed by atoms with Crippen molar-refractivity contribution in [3.63, 3.8) is 0 Å². The van der Waals surface area contributed by atoms with Crippen molar-refractivity contribution in [3.05, 3.63) is 0 Å². The van der Waals surface area contributed by atoms with Crippen LogP contribution in [0.4, 0.5) is 0 Å². The fourth-order valence-electron chi connectivity index (χ4n) is 2.51. The highest BCUT2D eigenvalue weighted by atomic mass is 16.2. The summed E-state index contributed by atoms with van der Waals surface area (Å²) in [6.45, 7) is 7.09. The third-order valence-corrected chi connectivity index (χ3v) is 4.01. The zero-order chi connectivity index (χ0) is 13.2. The van der Waals surface area contributed by atoms with Gasteiger partial charge in [-0.15, -0.1) is 0 Å². The number of carbonyl (C=O) groups excluding carboxylic acids is 1. The van der Waals surface area contributed by atoms with Crippen LogP contribution in [0.1, 0.15) is 26.7 Å². The molecule has 0 radical (unpaired) electrons. The van der Waals surface area contributed by atoms with Crippen LogP contribution < -0.4 is 10.6 Å². The van der Waals surface area contributed by atoms with E-state index in [1.54, 1.807) is 0 Å². The first-order valence-electron chi connectivity index (χ1n) is 6.72. The van der Waals surface area contributed by atoms with Crippen LogP contribution >= 0.6 is 0 Å². The summed E-state index contributed by atoms with van der Waals surface area (Å²) in [5.74, 6) is 0.312. The van der Waals surface area contributed by atoms with E-state index in [1.165, 1.54) is 0 Å². The molecule has 1 aliphatic heterocycles. The van der Waals surface area contributed by atoms with Crippen molar-refractivity contribution in [3.8, 4) is 6.07 Å². The Hall–Kier alpha value is -1.12. The van der Waals surface area contributed by atoms with Crippen molar-refractivity contribution in [2.75, 3.05) is 26.2 Å². The minimum atomic E-state index is -0.672. The molecule has 2 N–H and O–H groups in total. The number of nitrogens with one attached hydrogen (secondary N) is 2. The molecule has 0 aromatic carbocycles. The average Bonchev–Trinajstić information content (AvgIpc) is 3.16. The molecule has 0 spiro atoms. The van der Waals surface area contributed by atoms with Crippen molar-refractivity contribution in [1.82, 2.24) is 15.5 Å². The number of rotatable bonds is 4. The Kier molecular flexibility index (Phi) is 3.88. The minimum absolute atomic E-state index is 0.0281. The maximum absolute atomic E-state index is 12.0. The molecule has 0 bridgehead atoms. The molecular weight excluding hydrogens is 228 g/mol. The zero-order valence-electron chi connectivity index (χ0n) is 11.2. The van der Waals surface area contributed by atoms with Gasteiger partial charge in [0.05, 0.1) is 12.6 Å². The Labute approximate surface area is 109 Å². The lowest BCUT2D eigenvalue weighted by Gasteiger charge is -2.34. The third kappa shape index (κ3) is 3.01. The molecule has 1 heterocycles. The van der Waals surface area contributed by atoms with Crippen molar-refractivity contribution in [2.45, 2.75) is 38.3 Å². The monoisotopic (exact) mass is 250 g/mol. The molecular formula is C13H22N4O. The largest absolute Gasteiger partial charge is 0.337 e. The third-order valence-electron chi connectivity index (χ3n) is 4.01. The normalized spacial score (nSPS) is 28.2. The number of carbonyl (C=O) groups is 1. The summed E-state index contributed by atoms with van der Waals surface area (Å²) in [6, 6.07) is 2.63. The van der Waals surface area contributed by atoms with Crippen LogP contribution in [0.3, 0.4) is 0 Å². The molecule has 5 nitrogen and oxygen atoms in total. The van der Waals surface area contributed by atoms with Crippen LogP contribution in [-0.4, -0.2) is 48.6 Å². The van der Waals surface area contributed by atoms with E-state index in [-0.39, 0.29) is 5.91 Å². The highest BCUT2D eigenvalue weighted by Crippen LogP contribution is 2.39. The summed E-state index contributed by atoms with van der Waals surface area (Å²) < 4.78 is 0. The van der Waals surface area contributed by atoms with Gasteiger partial charge in [-0.25, -0.2) is 0 Å². The van der Waals surface area contributed by atoms with E-state index in [4.69, 9.17) is 0 Å². The highest BCUT2D eigenvalue weighted by molar-refractivity contribution is 5.79. The van der Waals surface area contributed by atoms with Crippen molar-refractivity contribution in [2.24, 2.45) is 5.92 Å². The van der Waals surface area contributed by atoms with Gasteiger partial charge in [-0.05, 0) is 32.6 Å². The zero-order valence-corrected chi connectivity index (χ0v) is 11.2. The Balaban J connectivity index is 1.86. The molecule has 2 aliphatic rings. The maximum atomic E-state index is 12.0. The fourth-order valence-corrected chi connectivity index (χ4v) is 2.51. The molecule has 2 unspecified atom stereocenters. The Morgan fingerprint density at radius 1 is 1.61 bits per heavy atom. The lowest BCUT2D eigenvalue weighted by Crippen LogP contribution is -2.55. The second kappa shape index (κ2) is 5.25. The quantitative estimate of drug-likeness (QED) is 0.742. The standard InChI is InChI=1S/C13H22N4O/c1-10-7-15-5-6-17(10)8-12(18)16-13(2,9-14)11-3-4-11/h10-11,15H,3-8H2,1-2H3,(H,16,18). The van der Waals surface area contributed by atoms with E-state index in [2.05, 4.69) is 28.5 Å². The molecule has 1 saturated heterocycles. The fraction of sp³-hybridized carbons (Fsp3) is 0.846. The predicted octanol–water partition coefficient (Wildman–Crippen LogP) is 0.0886. The van der Waals surface area contributed by atoms with E-state index < -0.39 is 5.54 Å². The van der Waals surface area contributed by atoms with E-state index in [1.807, 2.05) is 6.92 Å². The number of amides is 1. The van der Waals surface area contributed by atoms with Crippen LogP contribution in [0.25, 0.3) is 0 Å². The SMILES string of the molecule is CC1CNCCN1CC(=O)NC(C)(C#N)C1CC1. The van der Waals surface area contributed by atoms with Gasteiger partial charge < -0.3 is 10.6 Å². The lowest BCUT2D eigenvalue weighted by atomic mass is 9.98. The first-order valence-corrected chi connectivity index (χ1v) is 6.72. The molecule has 2 rings (SSSR count). The van der Waals surface area contributed by atoms with Crippen LogP contribution in [0.2, 0.25) is 0 Å². The van der Waals surface area contributed by atoms with Gasteiger partial charge in [0.2, 0.25) is 5.91 Å². The molecule has 1 saturated carbocycles. The summed E-state index contributed by atoms with van der Waals surface area (Å²) >= 11 is 0. The number of piperazine rings is 1. The molecule has 1 amide bonds.